The van der Waals surface area contributed by atoms with Crippen molar-refractivity contribution in [1.82, 2.24) is 9.80 Å². The monoisotopic (exact) mass is 737 g/mol. The van der Waals surface area contributed by atoms with Crippen molar-refractivity contribution in [2.24, 2.45) is 23.7 Å². The molecule has 7 saturated carbocycles. The quantitative estimate of drug-likeness (QED) is 0.191. The Balaban J connectivity index is 0.782. The van der Waals surface area contributed by atoms with Crippen LogP contribution >= 0.6 is 0 Å². The van der Waals surface area contributed by atoms with Crippen LogP contribution in [0.2, 0.25) is 0 Å². The Morgan fingerprint density at radius 3 is 1.04 bits per heavy atom. The fourth-order valence-corrected chi connectivity index (χ4v) is 13.8. The Bertz CT molecular complexity index is 1030. The highest BCUT2D eigenvalue weighted by atomic mass is 16.5. The zero-order chi connectivity index (χ0) is 36.4. The SMILES string of the molecule is CC(=O)OC1CCC(N(C2CCCCC2)C2CCC(CCC3CCC(CCC4CCC(N(C5CCCCC5)C5CCC(O)CC5)CC4)CC3)CC2)CC1. The molecule has 53 heavy (non-hydrogen) atoms. The molecular formula is C48H84N2O3. The molecule has 0 heterocycles. The van der Waals surface area contributed by atoms with Crippen LogP contribution in [0.25, 0.3) is 0 Å². The summed E-state index contributed by atoms with van der Waals surface area (Å²) in [6.45, 7) is 1.58. The number of hydrogen-bond acceptors (Lipinski definition) is 5. The number of aliphatic hydroxyl groups is 1. The first-order valence-corrected chi connectivity index (χ1v) is 24.4. The lowest BCUT2D eigenvalue weighted by Crippen LogP contribution is -2.52. The summed E-state index contributed by atoms with van der Waals surface area (Å²) in [4.78, 5) is 17.7. The second kappa shape index (κ2) is 20.7. The normalized spacial score (nSPS) is 38.6. The highest BCUT2D eigenvalue weighted by molar-refractivity contribution is 5.66. The number of ether oxygens (including phenoxy) is 1. The molecule has 0 aromatic rings. The van der Waals surface area contributed by atoms with Crippen molar-refractivity contribution in [3.05, 3.63) is 0 Å². The molecule has 7 rings (SSSR count). The number of hydrogen-bond donors (Lipinski definition) is 1. The van der Waals surface area contributed by atoms with Crippen molar-refractivity contribution >= 4 is 5.97 Å². The third kappa shape index (κ3) is 11.7. The van der Waals surface area contributed by atoms with Crippen LogP contribution in [-0.2, 0) is 9.53 Å². The minimum atomic E-state index is -0.0957. The molecule has 304 valence electrons. The van der Waals surface area contributed by atoms with Crippen LogP contribution in [-0.4, -0.2) is 69.3 Å². The molecule has 7 aliphatic carbocycles. The Hall–Kier alpha value is -0.650. The third-order valence-corrected chi connectivity index (χ3v) is 16.9. The maximum Gasteiger partial charge on any atom is 0.302 e. The first-order valence-electron chi connectivity index (χ1n) is 24.4. The van der Waals surface area contributed by atoms with Crippen molar-refractivity contribution in [3.63, 3.8) is 0 Å². The van der Waals surface area contributed by atoms with Crippen molar-refractivity contribution in [3.8, 4) is 0 Å². The largest absolute Gasteiger partial charge is 0.463 e. The van der Waals surface area contributed by atoms with Gasteiger partial charge in [0, 0.05) is 43.2 Å². The van der Waals surface area contributed by atoms with Gasteiger partial charge in [0.1, 0.15) is 6.10 Å². The van der Waals surface area contributed by atoms with Crippen molar-refractivity contribution < 1.29 is 14.6 Å². The fourth-order valence-electron chi connectivity index (χ4n) is 13.8. The van der Waals surface area contributed by atoms with Crippen LogP contribution in [0, 0.1) is 23.7 Å². The van der Waals surface area contributed by atoms with E-state index in [1.54, 1.807) is 6.92 Å². The molecule has 0 saturated heterocycles. The summed E-state index contributed by atoms with van der Waals surface area (Å²) in [5.41, 5.74) is 0. The molecule has 7 aliphatic rings. The zero-order valence-electron chi connectivity index (χ0n) is 34.6. The Morgan fingerprint density at radius 2 is 0.698 bits per heavy atom. The predicted molar refractivity (Wildman–Crippen MR) is 219 cm³/mol. The molecule has 0 radical (unpaired) electrons. The summed E-state index contributed by atoms with van der Waals surface area (Å²) in [5, 5.41) is 10.2. The van der Waals surface area contributed by atoms with Crippen molar-refractivity contribution in [2.75, 3.05) is 0 Å². The molecule has 1 N–H and O–H groups in total. The van der Waals surface area contributed by atoms with Crippen LogP contribution < -0.4 is 0 Å². The van der Waals surface area contributed by atoms with E-state index in [9.17, 15) is 9.90 Å². The number of rotatable bonds is 13. The summed E-state index contributed by atoms with van der Waals surface area (Å²) in [6, 6.07) is 4.75. The topological polar surface area (TPSA) is 53.0 Å². The van der Waals surface area contributed by atoms with E-state index in [0.29, 0.717) is 0 Å². The molecule has 5 heteroatoms. The number of carbonyl (C=O) groups excluding carboxylic acids is 1. The van der Waals surface area contributed by atoms with E-state index in [4.69, 9.17) is 4.74 Å². The number of carbonyl (C=O) groups is 1. The first-order chi connectivity index (χ1) is 26.0. The lowest BCUT2D eigenvalue weighted by molar-refractivity contribution is -0.148. The lowest BCUT2D eigenvalue weighted by atomic mass is 9.73. The second-order valence-corrected chi connectivity index (χ2v) is 20.4. The average Bonchev–Trinajstić information content (AvgIpc) is 3.20. The van der Waals surface area contributed by atoms with E-state index < -0.39 is 0 Å². The van der Waals surface area contributed by atoms with Gasteiger partial charge in [-0.15, -0.1) is 0 Å². The minimum Gasteiger partial charge on any atom is -0.463 e. The van der Waals surface area contributed by atoms with Gasteiger partial charge in [-0.2, -0.15) is 0 Å². The average molecular weight is 737 g/mol. The van der Waals surface area contributed by atoms with Gasteiger partial charge in [0.25, 0.3) is 0 Å². The Morgan fingerprint density at radius 1 is 0.415 bits per heavy atom. The zero-order valence-corrected chi connectivity index (χ0v) is 34.6. The molecule has 0 spiro atoms. The van der Waals surface area contributed by atoms with Gasteiger partial charge in [-0.05, 0) is 152 Å². The molecule has 0 aromatic carbocycles. The van der Waals surface area contributed by atoms with E-state index in [1.807, 2.05) is 0 Å². The van der Waals surface area contributed by atoms with Crippen LogP contribution in [0.4, 0.5) is 0 Å². The number of esters is 1. The van der Waals surface area contributed by atoms with Gasteiger partial charge < -0.3 is 9.84 Å². The molecule has 7 fully saturated rings. The molecule has 0 aliphatic heterocycles. The predicted octanol–water partition coefficient (Wildman–Crippen LogP) is 11.9. The van der Waals surface area contributed by atoms with Gasteiger partial charge in [-0.1, -0.05) is 89.9 Å². The third-order valence-electron chi connectivity index (χ3n) is 16.9. The highest BCUT2D eigenvalue weighted by Crippen LogP contribution is 2.43. The van der Waals surface area contributed by atoms with E-state index in [-0.39, 0.29) is 18.2 Å². The molecule has 0 atom stereocenters. The number of nitrogens with zero attached hydrogens (tertiary/aromatic N) is 2. The molecule has 0 bridgehead atoms. The van der Waals surface area contributed by atoms with Gasteiger partial charge >= 0.3 is 5.97 Å². The molecule has 5 nitrogen and oxygen atoms in total. The Labute approximate surface area is 326 Å². The van der Waals surface area contributed by atoms with Crippen LogP contribution in [0.1, 0.15) is 225 Å². The summed E-state index contributed by atoms with van der Waals surface area (Å²) < 4.78 is 5.62. The van der Waals surface area contributed by atoms with Gasteiger partial charge in [-0.25, -0.2) is 0 Å². The lowest BCUT2D eigenvalue weighted by Gasteiger charge is -2.49. The smallest absolute Gasteiger partial charge is 0.302 e. The van der Waals surface area contributed by atoms with Gasteiger partial charge in [0.05, 0.1) is 6.10 Å². The molecular weight excluding hydrogens is 653 g/mol. The second-order valence-electron chi connectivity index (χ2n) is 20.4. The van der Waals surface area contributed by atoms with E-state index >= 15 is 0 Å². The Kier molecular flexibility index (Phi) is 15.8. The summed E-state index contributed by atoms with van der Waals surface area (Å²) >= 11 is 0. The van der Waals surface area contributed by atoms with Crippen molar-refractivity contribution in [2.45, 2.75) is 274 Å². The summed E-state index contributed by atoms with van der Waals surface area (Å²) in [7, 11) is 0. The van der Waals surface area contributed by atoms with Gasteiger partial charge in [0.2, 0.25) is 0 Å². The van der Waals surface area contributed by atoms with E-state index in [1.165, 1.54) is 193 Å². The van der Waals surface area contributed by atoms with Gasteiger partial charge in [-0.3, -0.25) is 14.6 Å². The summed E-state index contributed by atoms with van der Waals surface area (Å²) in [5.74, 6) is 3.90. The van der Waals surface area contributed by atoms with Crippen LogP contribution in [0.5, 0.6) is 0 Å². The first kappa shape index (κ1) is 40.5. The maximum atomic E-state index is 11.6. The van der Waals surface area contributed by atoms with Gasteiger partial charge in [0.15, 0.2) is 0 Å². The van der Waals surface area contributed by atoms with E-state index in [2.05, 4.69) is 9.80 Å². The molecule has 0 aromatic heterocycles. The highest BCUT2D eigenvalue weighted by Gasteiger charge is 2.39. The maximum absolute atomic E-state index is 11.6. The molecule has 0 amide bonds. The number of aliphatic hydroxyl groups excluding tert-OH is 1. The van der Waals surface area contributed by atoms with E-state index in [0.717, 1.165) is 85.6 Å². The summed E-state index contributed by atoms with van der Waals surface area (Å²) in [6.07, 6.45) is 47.4. The fraction of sp³-hybridized carbons (Fsp3) is 0.979. The van der Waals surface area contributed by atoms with Crippen molar-refractivity contribution in [1.29, 1.82) is 0 Å². The van der Waals surface area contributed by atoms with Crippen LogP contribution in [0.3, 0.4) is 0 Å². The standard InChI is InChI=1S/C48H84N2O3/c1-36(51)53-48-34-30-46(31-35-48)50(42-10-6-3-7-11-42)44-26-22-40(23-27-44)19-17-38-14-12-37(13-15-38)16-18-39-20-24-43(25-21-39)49(41-8-4-2-5-9-41)45-28-32-47(52)33-29-45/h37-48,52H,2-35H2,1H3. The minimum absolute atomic E-state index is 0.0309. The van der Waals surface area contributed by atoms with Crippen LogP contribution in [0.15, 0.2) is 0 Å². The molecule has 0 unspecified atom stereocenters.